The predicted octanol–water partition coefficient (Wildman–Crippen LogP) is -8.41. The molecule has 2 saturated heterocycles. The Morgan fingerprint density at radius 3 is 1.95 bits per heavy atom. The smallest absolute Gasteiger partial charge is 0.187 e. The van der Waals surface area contributed by atoms with Crippen LogP contribution in [0.2, 0.25) is 0 Å². The molecule has 3 rings (SSSR count). The Morgan fingerprint density at radius 1 is 0.821 bits per heavy atom. The first kappa shape index (κ1) is 31.5. The van der Waals surface area contributed by atoms with Crippen molar-refractivity contribution in [1.82, 2.24) is 5.32 Å². The number of hydrogen-bond donors (Lipinski definition) is 13. The number of aliphatic hydroxyl groups excluding tert-OH is 7. The summed E-state index contributed by atoms with van der Waals surface area (Å²) in [4.78, 5) is 7.63. The normalized spacial score (nSPS) is 48.5. The summed E-state index contributed by atoms with van der Waals surface area (Å²) in [6, 6.07) is -4.07. The third-order valence-electron chi connectivity index (χ3n) is 7.19. The summed E-state index contributed by atoms with van der Waals surface area (Å²) in [7, 11) is 1.41. The molecule has 39 heavy (non-hydrogen) atoms. The van der Waals surface area contributed by atoms with E-state index in [4.69, 9.17) is 41.9 Å². The monoisotopic (exact) mass is 569 g/mol. The van der Waals surface area contributed by atoms with Gasteiger partial charge in [-0.2, -0.15) is 0 Å². The molecule has 19 nitrogen and oxygen atoms in total. The number of likely N-dealkylation sites (N-methyl/N-ethyl adjacent to an activating group) is 1. The van der Waals surface area contributed by atoms with Crippen LogP contribution in [0.25, 0.3) is 0 Å². The molecule has 19 heteroatoms. The number of aliphatic imine (C=N–C) groups is 2. The van der Waals surface area contributed by atoms with E-state index in [9.17, 15) is 40.9 Å². The van der Waals surface area contributed by atoms with Crippen LogP contribution in [-0.2, 0) is 18.9 Å². The second kappa shape index (κ2) is 12.3. The van der Waals surface area contributed by atoms with Gasteiger partial charge in [-0.05, 0) is 14.0 Å². The molecule has 0 aromatic heterocycles. The van der Waals surface area contributed by atoms with Gasteiger partial charge in [-0.3, -0.25) is 0 Å². The van der Waals surface area contributed by atoms with E-state index in [1.807, 2.05) is 0 Å². The molecule has 3 fully saturated rings. The minimum atomic E-state index is -2.17. The third kappa shape index (κ3) is 6.05. The van der Waals surface area contributed by atoms with Gasteiger partial charge in [-0.15, -0.1) is 0 Å². The van der Waals surface area contributed by atoms with E-state index in [0.717, 1.165) is 0 Å². The number of rotatable bonds is 8. The van der Waals surface area contributed by atoms with Crippen LogP contribution >= 0.6 is 0 Å². The summed E-state index contributed by atoms with van der Waals surface area (Å²) in [5.41, 5.74) is 19.6. The van der Waals surface area contributed by atoms with Crippen LogP contribution in [-0.4, -0.2) is 158 Å². The van der Waals surface area contributed by atoms with Gasteiger partial charge >= 0.3 is 0 Å². The zero-order valence-electron chi connectivity index (χ0n) is 21.2. The molecule has 0 amide bonds. The topological polar surface area (TPSA) is 340 Å². The molecule has 0 bridgehead atoms. The summed E-state index contributed by atoms with van der Waals surface area (Å²) in [6.45, 7) is 0.454. The third-order valence-corrected chi connectivity index (χ3v) is 7.19. The summed E-state index contributed by atoms with van der Waals surface area (Å²) >= 11 is 0. The van der Waals surface area contributed by atoms with Crippen molar-refractivity contribution in [1.29, 1.82) is 0 Å². The number of hydrogen-bond acceptors (Lipinski definition) is 15. The van der Waals surface area contributed by atoms with Gasteiger partial charge in [-0.1, -0.05) is 0 Å². The first-order chi connectivity index (χ1) is 18.2. The summed E-state index contributed by atoms with van der Waals surface area (Å²) in [5, 5.41) is 86.6. The number of aliphatic hydroxyl groups is 8. The summed E-state index contributed by atoms with van der Waals surface area (Å²) in [6.07, 6.45) is -18.0. The molecular formula is C20H39N7O12. The lowest BCUT2D eigenvalue weighted by Gasteiger charge is -2.45. The van der Waals surface area contributed by atoms with Crippen LogP contribution in [0, 0.1) is 0 Å². The Morgan fingerprint density at radius 2 is 1.41 bits per heavy atom. The quantitative estimate of drug-likeness (QED) is 0.0952. The molecule has 0 aromatic carbocycles. The van der Waals surface area contributed by atoms with Gasteiger partial charge in [0.2, 0.25) is 0 Å². The van der Waals surface area contributed by atoms with Crippen molar-refractivity contribution in [3.05, 3.63) is 0 Å². The van der Waals surface area contributed by atoms with Crippen LogP contribution in [0.4, 0.5) is 0 Å². The molecule has 3 aliphatic rings. The molecule has 1 aliphatic carbocycles. The van der Waals surface area contributed by atoms with Crippen molar-refractivity contribution in [2.75, 3.05) is 13.7 Å². The van der Waals surface area contributed by atoms with Crippen LogP contribution in [0.3, 0.4) is 0 Å². The molecule has 17 N–H and O–H groups in total. The van der Waals surface area contributed by atoms with E-state index in [1.54, 1.807) is 0 Å². The molecule has 2 aliphatic heterocycles. The van der Waals surface area contributed by atoms with Gasteiger partial charge in [0.25, 0.3) is 0 Å². The van der Waals surface area contributed by atoms with Crippen molar-refractivity contribution >= 4 is 11.9 Å². The van der Waals surface area contributed by atoms with Crippen LogP contribution < -0.4 is 28.3 Å². The average molecular weight is 570 g/mol. The van der Waals surface area contributed by atoms with Gasteiger partial charge < -0.3 is 88.1 Å². The highest BCUT2D eigenvalue weighted by Crippen LogP contribution is 2.39. The van der Waals surface area contributed by atoms with Crippen molar-refractivity contribution in [2.45, 2.75) is 98.4 Å². The molecule has 15 atom stereocenters. The van der Waals surface area contributed by atoms with Crippen LogP contribution in [0.15, 0.2) is 9.98 Å². The molecule has 0 unspecified atom stereocenters. The Bertz CT molecular complexity index is 895. The molecule has 0 spiro atoms. The highest BCUT2D eigenvalue weighted by Gasteiger charge is 2.60. The fraction of sp³-hybridized carbons (Fsp3) is 0.900. The van der Waals surface area contributed by atoms with Gasteiger partial charge in [0.15, 0.2) is 30.8 Å². The lowest BCUT2D eigenvalue weighted by atomic mass is 9.81. The van der Waals surface area contributed by atoms with Crippen molar-refractivity contribution in [3.8, 4) is 0 Å². The highest BCUT2D eigenvalue weighted by atomic mass is 16.8. The van der Waals surface area contributed by atoms with Crippen molar-refractivity contribution in [2.24, 2.45) is 32.9 Å². The molecule has 2 heterocycles. The predicted molar refractivity (Wildman–Crippen MR) is 129 cm³/mol. The van der Waals surface area contributed by atoms with Gasteiger partial charge in [0, 0.05) is 0 Å². The van der Waals surface area contributed by atoms with Crippen LogP contribution in [0.5, 0.6) is 0 Å². The van der Waals surface area contributed by atoms with E-state index in [-0.39, 0.29) is 0 Å². The number of guanidine groups is 2. The second-order valence-corrected chi connectivity index (χ2v) is 9.70. The van der Waals surface area contributed by atoms with E-state index in [0.29, 0.717) is 0 Å². The Kier molecular flexibility index (Phi) is 9.92. The zero-order chi connectivity index (χ0) is 29.4. The van der Waals surface area contributed by atoms with Gasteiger partial charge in [0.1, 0.15) is 60.4 Å². The molecule has 1 saturated carbocycles. The first-order valence-electron chi connectivity index (χ1n) is 12.1. The molecular weight excluding hydrogens is 530 g/mol. The fourth-order valence-corrected chi connectivity index (χ4v) is 4.93. The van der Waals surface area contributed by atoms with E-state index in [1.165, 1.54) is 14.0 Å². The number of nitrogens with two attached hydrogens (primary N) is 4. The number of nitrogens with one attached hydrogen (secondary N) is 1. The van der Waals surface area contributed by atoms with Crippen molar-refractivity contribution < 1.29 is 59.8 Å². The SMILES string of the molecule is CN[C@@H]1[C@H](O[C@H]2[C@H](O[C@H]3[C@H](O)[C@@H](O)[C@H](N=C(N)N)[C@@H](O)[C@@H]3N=C(N)N)O[C@@H](C)[C@]2(O)CO)O[C@@H](O)[C@H](O)[C@H]1O. The largest absolute Gasteiger partial charge is 0.393 e. The lowest BCUT2D eigenvalue weighted by molar-refractivity contribution is -0.345. The van der Waals surface area contributed by atoms with Crippen molar-refractivity contribution in [3.63, 3.8) is 0 Å². The minimum Gasteiger partial charge on any atom is -0.393 e. The second-order valence-electron chi connectivity index (χ2n) is 9.70. The Balaban J connectivity index is 1.95. The standard InChI is InChI=1S/C20H39N7O12/c1-4-20(35,3-28)14(38-16-7(25-2)10(31)12(33)15(34)39-16)17(36-4)37-13-6(27-19(23)24)8(29)5(26-18(21)22)9(30)11(13)32/h4-17,25,28-35H,3H2,1-2H3,(H4,21,22,26)(H4,23,24,27)/t4-,5+,6-,7-,8+,9-,10-,11+,12+,13+,14-,15+,16+,17-,20+/m0/s1. The summed E-state index contributed by atoms with van der Waals surface area (Å²) in [5.74, 6) is -1.02. The maximum atomic E-state index is 11.2. The summed E-state index contributed by atoms with van der Waals surface area (Å²) < 4.78 is 22.6. The highest BCUT2D eigenvalue weighted by molar-refractivity contribution is 5.76. The minimum absolute atomic E-state index is 0.497. The lowest BCUT2D eigenvalue weighted by Crippen LogP contribution is -2.66. The number of nitrogens with zero attached hydrogens (tertiary/aromatic N) is 2. The Labute approximate surface area is 222 Å². The molecule has 226 valence electrons. The zero-order valence-corrected chi connectivity index (χ0v) is 21.2. The van der Waals surface area contributed by atoms with Gasteiger partial charge in [0.05, 0.1) is 18.8 Å². The van der Waals surface area contributed by atoms with E-state index in [2.05, 4.69) is 15.3 Å². The van der Waals surface area contributed by atoms with Gasteiger partial charge in [-0.25, -0.2) is 9.98 Å². The van der Waals surface area contributed by atoms with E-state index < -0.39 is 110 Å². The van der Waals surface area contributed by atoms with E-state index >= 15 is 0 Å². The Hall–Kier alpha value is -1.98. The van der Waals surface area contributed by atoms with Crippen LogP contribution in [0.1, 0.15) is 6.92 Å². The maximum absolute atomic E-state index is 11.2. The number of ether oxygens (including phenoxy) is 4. The molecule has 0 radical (unpaired) electrons. The maximum Gasteiger partial charge on any atom is 0.187 e. The molecule has 0 aromatic rings. The average Bonchev–Trinajstić information content (AvgIpc) is 3.10. The fourth-order valence-electron chi connectivity index (χ4n) is 4.93. The first-order valence-corrected chi connectivity index (χ1v) is 12.1.